The largest absolute Gasteiger partial charge is 0.374 e. The van der Waals surface area contributed by atoms with E-state index in [-0.39, 0.29) is 0 Å². The highest BCUT2D eigenvalue weighted by Gasteiger charge is 2.40. The second-order valence-electron chi connectivity index (χ2n) is 5.41. The molecule has 0 bridgehead atoms. The Hall–Kier alpha value is -1.71. The van der Waals surface area contributed by atoms with Crippen molar-refractivity contribution in [1.82, 2.24) is 0 Å². The Morgan fingerprint density at radius 3 is 2.38 bits per heavy atom. The Balaban J connectivity index is 2.22. The first-order valence-electron chi connectivity index (χ1n) is 7.32. The molecular formula is C18H20NOS+. The van der Waals surface area contributed by atoms with Crippen LogP contribution in [0.1, 0.15) is 30.3 Å². The lowest BCUT2D eigenvalue weighted by Gasteiger charge is -2.23. The second kappa shape index (κ2) is 5.58. The summed E-state index contributed by atoms with van der Waals surface area (Å²) in [5, 5.41) is 12.4. The number of benzene rings is 2. The number of thiazole rings is 1. The van der Waals surface area contributed by atoms with Crippen LogP contribution in [0.15, 0.2) is 54.6 Å². The van der Waals surface area contributed by atoms with Crippen molar-refractivity contribution in [1.29, 1.82) is 0 Å². The van der Waals surface area contributed by atoms with E-state index in [0.29, 0.717) is 0 Å². The van der Waals surface area contributed by atoms with E-state index in [2.05, 4.69) is 23.6 Å². The number of aromatic nitrogens is 1. The third kappa shape index (κ3) is 2.37. The Morgan fingerprint density at radius 2 is 1.71 bits per heavy atom. The molecule has 3 heteroatoms. The molecule has 108 valence electrons. The van der Waals surface area contributed by atoms with Gasteiger partial charge in [0.05, 0.1) is 0 Å². The topological polar surface area (TPSA) is 24.1 Å². The number of rotatable bonds is 4. The summed E-state index contributed by atoms with van der Waals surface area (Å²) >= 11 is 1.68. The lowest BCUT2D eigenvalue weighted by molar-refractivity contribution is -0.654. The fourth-order valence-corrected chi connectivity index (χ4v) is 4.20. The van der Waals surface area contributed by atoms with E-state index in [0.717, 1.165) is 23.4 Å². The Morgan fingerprint density at radius 1 is 1.05 bits per heavy atom. The van der Waals surface area contributed by atoms with Crippen LogP contribution in [-0.2, 0) is 12.6 Å². The van der Waals surface area contributed by atoms with E-state index in [1.807, 2.05) is 49.5 Å². The number of hydrogen-bond acceptors (Lipinski definition) is 2. The molecule has 0 saturated heterocycles. The molecule has 0 aliphatic rings. The van der Waals surface area contributed by atoms with Crippen LogP contribution in [0.3, 0.4) is 0 Å². The van der Waals surface area contributed by atoms with Gasteiger partial charge in [-0.1, -0.05) is 67.1 Å². The minimum Gasteiger partial charge on any atom is -0.374 e. The Bertz CT molecular complexity index is 750. The molecule has 1 atom stereocenters. The van der Waals surface area contributed by atoms with Gasteiger partial charge in [0.1, 0.15) is 11.7 Å². The minimum atomic E-state index is -0.922. The first-order chi connectivity index (χ1) is 10.2. The van der Waals surface area contributed by atoms with Crippen LogP contribution in [-0.4, -0.2) is 5.11 Å². The third-order valence-electron chi connectivity index (χ3n) is 3.95. The van der Waals surface area contributed by atoms with Crippen LogP contribution in [0.25, 0.3) is 10.2 Å². The number of aliphatic hydroxyl groups is 1. The molecule has 21 heavy (non-hydrogen) atoms. The SMILES string of the molecule is CCCC(O)(c1ccccc1)c1sc2ccccc2[n+]1C. The van der Waals surface area contributed by atoms with Crippen molar-refractivity contribution in [3.8, 4) is 0 Å². The third-order valence-corrected chi connectivity index (χ3v) is 5.32. The van der Waals surface area contributed by atoms with Gasteiger partial charge in [-0.15, -0.1) is 0 Å². The average molecular weight is 298 g/mol. The molecule has 1 unspecified atom stereocenters. The van der Waals surface area contributed by atoms with Crippen molar-refractivity contribution in [2.24, 2.45) is 7.05 Å². The van der Waals surface area contributed by atoms with Gasteiger partial charge >= 0.3 is 0 Å². The highest BCUT2D eigenvalue weighted by molar-refractivity contribution is 7.18. The van der Waals surface area contributed by atoms with Crippen molar-refractivity contribution < 1.29 is 9.67 Å². The fraction of sp³-hybridized carbons (Fsp3) is 0.278. The van der Waals surface area contributed by atoms with Gasteiger partial charge in [0.15, 0.2) is 5.60 Å². The molecule has 0 aliphatic carbocycles. The summed E-state index contributed by atoms with van der Waals surface area (Å²) in [6, 6.07) is 18.3. The summed E-state index contributed by atoms with van der Waals surface area (Å²) in [4.78, 5) is 0. The van der Waals surface area contributed by atoms with Gasteiger partial charge in [-0.2, -0.15) is 4.57 Å². The van der Waals surface area contributed by atoms with Gasteiger partial charge in [0, 0.05) is 6.07 Å². The summed E-state index contributed by atoms with van der Waals surface area (Å²) in [5.74, 6) is 0. The van der Waals surface area contributed by atoms with Crippen LogP contribution >= 0.6 is 11.3 Å². The zero-order valence-corrected chi connectivity index (χ0v) is 13.2. The normalized spacial score (nSPS) is 14.2. The second-order valence-corrected chi connectivity index (χ2v) is 6.44. The van der Waals surface area contributed by atoms with Crippen molar-refractivity contribution in [3.05, 3.63) is 65.2 Å². The Kier molecular flexibility index (Phi) is 3.79. The van der Waals surface area contributed by atoms with Crippen molar-refractivity contribution in [2.45, 2.75) is 25.4 Å². The first-order valence-corrected chi connectivity index (χ1v) is 8.14. The molecule has 0 radical (unpaired) electrons. The number of para-hydroxylation sites is 1. The van der Waals surface area contributed by atoms with Crippen molar-refractivity contribution >= 4 is 21.6 Å². The van der Waals surface area contributed by atoms with Gasteiger partial charge < -0.3 is 5.11 Å². The molecule has 3 rings (SSSR count). The molecule has 1 aromatic heterocycles. The molecular weight excluding hydrogens is 278 g/mol. The maximum Gasteiger partial charge on any atom is 0.274 e. The monoisotopic (exact) mass is 298 g/mol. The van der Waals surface area contributed by atoms with Gasteiger partial charge in [-0.05, 0) is 18.1 Å². The van der Waals surface area contributed by atoms with Crippen LogP contribution in [0.5, 0.6) is 0 Å². The lowest BCUT2D eigenvalue weighted by Crippen LogP contribution is -2.41. The summed E-state index contributed by atoms with van der Waals surface area (Å²) in [6.45, 7) is 2.11. The first kappa shape index (κ1) is 14.2. The molecule has 0 fully saturated rings. The smallest absolute Gasteiger partial charge is 0.274 e. The zero-order valence-electron chi connectivity index (χ0n) is 12.4. The van der Waals surface area contributed by atoms with E-state index in [1.165, 1.54) is 10.2 Å². The number of aryl methyl sites for hydroxylation is 1. The molecule has 0 aliphatic heterocycles. The number of nitrogens with zero attached hydrogens (tertiary/aromatic N) is 1. The molecule has 0 spiro atoms. The van der Waals surface area contributed by atoms with E-state index < -0.39 is 5.60 Å². The van der Waals surface area contributed by atoms with E-state index in [4.69, 9.17) is 0 Å². The van der Waals surface area contributed by atoms with Crippen LogP contribution in [0, 0.1) is 0 Å². The molecule has 1 heterocycles. The summed E-state index contributed by atoms with van der Waals surface area (Å²) in [7, 11) is 2.04. The van der Waals surface area contributed by atoms with Gasteiger partial charge in [0.2, 0.25) is 5.52 Å². The molecule has 0 saturated carbocycles. The van der Waals surface area contributed by atoms with E-state index >= 15 is 0 Å². The maximum atomic E-state index is 11.4. The molecule has 3 aromatic rings. The molecule has 0 amide bonds. The van der Waals surface area contributed by atoms with Crippen molar-refractivity contribution in [3.63, 3.8) is 0 Å². The van der Waals surface area contributed by atoms with Crippen molar-refractivity contribution in [2.75, 3.05) is 0 Å². The maximum absolute atomic E-state index is 11.4. The van der Waals surface area contributed by atoms with Gasteiger partial charge in [-0.3, -0.25) is 0 Å². The summed E-state index contributed by atoms with van der Waals surface area (Å²) in [5.41, 5.74) is 1.21. The van der Waals surface area contributed by atoms with Crippen LogP contribution < -0.4 is 4.57 Å². The standard InChI is InChI=1S/C18H20NOS/c1-3-13-18(20,14-9-5-4-6-10-14)17-19(2)15-11-7-8-12-16(15)21-17/h4-12,20H,3,13H2,1-2H3/q+1. The Labute approximate surface area is 129 Å². The molecule has 1 N–H and O–H groups in total. The minimum absolute atomic E-state index is 0.720. The number of fused-ring (bicyclic) bond motifs is 1. The quantitative estimate of drug-likeness (QED) is 0.729. The van der Waals surface area contributed by atoms with Gasteiger partial charge in [-0.25, -0.2) is 0 Å². The fourth-order valence-electron chi connectivity index (χ4n) is 2.91. The average Bonchev–Trinajstić information content (AvgIpc) is 2.86. The summed E-state index contributed by atoms with van der Waals surface area (Å²) < 4.78 is 3.34. The highest BCUT2D eigenvalue weighted by atomic mass is 32.1. The zero-order chi connectivity index (χ0) is 14.9. The van der Waals surface area contributed by atoms with Crippen LogP contribution in [0.4, 0.5) is 0 Å². The molecule has 2 aromatic carbocycles. The lowest BCUT2D eigenvalue weighted by atomic mass is 9.90. The summed E-state index contributed by atoms with van der Waals surface area (Å²) in [6.07, 6.45) is 1.65. The van der Waals surface area contributed by atoms with E-state index in [9.17, 15) is 5.11 Å². The number of hydrogen-bond donors (Lipinski definition) is 1. The predicted octanol–water partition coefficient (Wildman–Crippen LogP) is 3.76. The van der Waals surface area contributed by atoms with E-state index in [1.54, 1.807) is 11.3 Å². The predicted molar refractivity (Wildman–Crippen MR) is 87.3 cm³/mol. The highest BCUT2D eigenvalue weighted by Crippen LogP contribution is 2.37. The van der Waals surface area contributed by atoms with Crippen LogP contribution in [0.2, 0.25) is 0 Å². The van der Waals surface area contributed by atoms with Gasteiger partial charge in [0.25, 0.3) is 5.01 Å². The molecule has 2 nitrogen and oxygen atoms in total.